The number of amides is 2. The summed E-state index contributed by atoms with van der Waals surface area (Å²) in [7, 11) is 1.40. The van der Waals surface area contributed by atoms with Gasteiger partial charge in [-0.1, -0.05) is 30.3 Å². The third-order valence-electron chi connectivity index (χ3n) is 2.87. The average Bonchev–Trinajstić information content (AvgIpc) is 2.60. The lowest BCUT2D eigenvalue weighted by Gasteiger charge is -2.11. The topological polar surface area (TPSA) is 113 Å². The maximum atomic E-state index is 11.6. The summed E-state index contributed by atoms with van der Waals surface area (Å²) in [5, 5.41) is 1.95. The van der Waals surface area contributed by atoms with Crippen molar-refractivity contribution in [1.82, 2.24) is 10.3 Å². The molecule has 1 aromatic heterocycles. The Balaban J connectivity index is 2.06. The zero-order valence-corrected chi connectivity index (χ0v) is 13.0. The molecule has 0 spiro atoms. The number of aromatic nitrogens is 1. The van der Waals surface area contributed by atoms with E-state index in [2.05, 4.69) is 4.98 Å². The normalized spacial score (nSPS) is 9.92. The lowest BCUT2D eigenvalue weighted by molar-refractivity contribution is -0.118. The summed E-state index contributed by atoms with van der Waals surface area (Å²) in [6.07, 6.45) is -1.00. The molecule has 0 unspecified atom stereocenters. The second kappa shape index (κ2) is 8.49. The maximum absolute atomic E-state index is 11.6. The van der Waals surface area contributed by atoms with Gasteiger partial charge in [0.05, 0.1) is 13.7 Å². The molecule has 0 atom stereocenters. The van der Waals surface area contributed by atoms with Gasteiger partial charge in [0.25, 0.3) is 5.88 Å². The van der Waals surface area contributed by atoms with E-state index in [1.165, 1.54) is 7.11 Å². The number of nitrogens with two attached hydrogens (primary N) is 1. The minimum absolute atomic E-state index is 0.120. The highest BCUT2D eigenvalue weighted by molar-refractivity contribution is 5.93. The Labute approximate surface area is 138 Å². The van der Waals surface area contributed by atoms with Crippen LogP contribution in [0.4, 0.5) is 4.79 Å². The van der Waals surface area contributed by atoms with Crippen molar-refractivity contribution in [2.75, 3.05) is 13.7 Å². The van der Waals surface area contributed by atoms with E-state index in [4.69, 9.17) is 19.9 Å². The largest absolute Gasteiger partial charge is 0.491 e. The quantitative estimate of drug-likeness (QED) is 0.819. The number of rotatable bonds is 6. The fraction of sp³-hybridized carbons (Fsp3) is 0.188. The van der Waals surface area contributed by atoms with E-state index in [-0.39, 0.29) is 24.1 Å². The van der Waals surface area contributed by atoms with Gasteiger partial charge in [-0.05, 0) is 11.6 Å². The number of imide groups is 1. The Hall–Kier alpha value is -3.13. The fourth-order valence-corrected chi connectivity index (χ4v) is 1.73. The molecule has 3 N–H and O–H groups in total. The molecule has 1 aromatic carbocycles. The van der Waals surface area contributed by atoms with Gasteiger partial charge < -0.3 is 19.9 Å². The molecule has 2 aromatic rings. The number of pyridine rings is 1. The number of nitrogens with zero attached hydrogens (tertiary/aromatic N) is 1. The van der Waals surface area contributed by atoms with Crippen molar-refractivity contribution in [3.63, 3.8) is 0 Å². The van der Waals surface area contributed by atoms with Crippen molar-refractivity contribution in [2.24, 2.45) is 5.73 Å². The first-order valence-electron chi connectivity index (χ1n) is 7.06. The molecule has 0 radical (unpaired) electrons. The zero-order chi connectivity index (χ0) is 17.4. The summed E-state index contributed by atoms with van der Waals surface area (Å²) in [5.41, 5.74) is 6.07. The molecule has 0 saturated carbocycles. The highest BCUT2D eigenvalue weighted by Crippen LogP contribution is 2.27. The molecule has 0 aliphatic heterocycles. The van der Waals surface area contributed by atoms with E-state index in [0.29, 0.717) is 6.61 Å². The lowest BCUT2D eigenvalue weighted by Crippen LogP contribution is -2.37. The van der Waals surface area contributed by atoms with Gasteiger partial charge >= 0.3 is 6.09 Å². The van der Waals surface area contributed by atoms with Crippen LogP contribution in [0.25, 0.3) is 0 Å². The molecule has 0 aliphatic carbocycles. The van der Waals surface area contributed by atoms with Crippen LogP contribution in [0.15, 0.2) is 42.5 Å². The molecule has 0 fully saturated rings. The summed E-state index contributed by atoms with van der Waals surface area (Å²) in [6, 6.07) is 12.6. The average molecular weight is 331 g/mol. The van der Waals surface area contributed by atoms with Crippen LogP contribution in [0.3, 0.4) is 0 Å². The molecule has 2 rings (SSSR count). The summed E-state index contributed by atoms with van der Waals surface area (Å²) >= 11 is 0. The van der Waals surface area contributed by atoms with Gasteiger partial charge in [-0.15, -0.1) is 0 Å². The standard InChI is InChI=1S/C16H17N3O5/c1-22-12-7-8-14(23-10-11-5-3-2-4-6-11)19-15(12)24-16(21)18-13(20)9-17/h2-8H,9-10,17H2,1H3,(H,18,20,21). The highest BCUT2D eigenvalue weighted by Gasteiger charge is 2.15. The van der Waals surface area contributed by atoms with Crippen LogP contribution in [0.1, 0.15) is 5.56 Å². The molecule has 1 heterocycles. The van der Waals surface area contributed by atoms with E-state index >= 15 is 0 Å². The van der Waals surface area contributed by atoms with E-state index in [0.717, 1.165) is 5.56 Å². The van der Waals surface area contributed by atoms with Gasteiger partial charge in [-0.3, -0.25) is 10.1 Å². The smallest absolute Gasteiger partial charge is 0.420 e. The Morgan fingerprint density at radius 2 is 1.92 bits per heavy atom. The molecule has 24 heavy (non-hydrogen) atoms. The molecule has 2 amide bonds. The molecular formula is C16H17N3O5. The summed E-state index contributed by atoms with van der Waals surface area (Å²) in [6.45, 7) is -0.0304. The second-order valence-electron chi connectivity index (χ2n) is 4.57. The summed E-state index contributed by atoms with van der Waals surface area (Å²) in [5.74, 6) is -0.328. The molecular weight excluding hydrogens is 314 g/mol. The predicted octanol–water partition coefficient (Wildman–Crippen LogP) is 1.24. The van der Waals surface area contributed by atoms with Crippen molar-refractivity contribution in [3.8, 4) is 17.5 Å². The van der Waals surface area contributed by atoms with Crippen molar-refractivity contribution >= 4 is 12.0 Å². The number of carbonyl (C=O) groups is 2. The van der Waals surface area contributed by atoms with Crippen LogP contribution in [-0.2, 0) is 11.4 Å². The first-order valence-corrected chi connectivity index (χ1v) is 7.06. The third-order valence-corrected chi connectivity index (χ3v) is 2.87. The zero-order valence-electron chi connectivity index (χ0n) is 13.0. The maximum Gasteiger partial charge on any atom is 0.420 e. The molecule has 0 aliphatic rings. The SMILES string of the molecule is COc1ccc(OCc2ccccc2)nc1OC(=O)NC(=O)CN. The molecule has 8 heteroatoms. The Morgan fingerprint density at radius 1 is 1.17 bits per heavy atom. The highest BCUT2D eigenvalue weighted by atomic mass is 16.6. The van der Waals surface area contributed by atoms with Crippen LogP contribution in [-0.4, -0.2) is 30.6 Å². The van der Waals surface area contributed by atoms with Crippen LogP contribution >= 0.6 is 0 Å². The van der Waals surface area contributed by atoms with Crippen LogP contribution in [0, 0.1) is 0 Å². The molecule has 8 nitrogen and oxygen atoms in total. The first-order chi connectivity index (χ1) is 11.6. The minimum Gasteiger partial charge on any atom is -0.491 e. The number of hydrogen-bond acceptors (Lipinski definition) is 7. The van der Waals surface area contributed by atoms with Gasteiger partial charge in [-0.2, -0.15) is 4.98 Å². The Kier molecular flexibility index (Phi) is 6.09. The number of nitrogens with one attached hydrogen (secondary N) is 1. The van der Waals surface area contributed by atoms with Crippen molar-refractivity contribution < 1.29 is 23.8 Å². The van der Waals surface area contributed by atoms with Gasteiger partial charge in [-0.25, -0.2) is 4.79 Å². The van der Waals surface area contributed by atoms with E-state index < -0.39 is 12.0 Å². The van der Waals surface area contributed by atoms with Gasteiger partial charge in [0, 0.05) is 6.07 Å². The molecule has 126 valence electrons. The van der Waals surface area contributed by atoms with E-state index in [9.17, 15) is 9.59 Å². The lowest BCUT2D eigenvalue weighted by atomic mass is 10.2. The minimum atomic E-state index is -1.00. The second-order valence-corrected chi connectivity index (χ2v) is 4.57. The number of carbonyl (C=O) groups excluding carboxylic acids is 2. The van der Waals surface area contributed by atoms with Crippen LogP contribution in [0.5, 0.6) is 17.5 Å². The number of benzene rings is 1. The van der Waals surface area contributed by atoms with E-state index in [1.54, 1.807) is 12.1 Å². The van der Waals surface area contributed by atoms with E-state index in [1.807, 2.05) is 35.6 Å². The number of ether oxygens (including phenoxy) is 3. The predicted molar refractivity (Wildman–Crippen MR) is 84.8 cm³/mol. The van der Waals surface area contributed by atoms with Crippen LogP contribution < -0.4 is 25.3 Å². The number of hydrogen-bond donors (Lipinski definition) is 2. The monoisotopic (exact) mass is 331 g/mol. The number of methoxy groups -OCH3 is 1. The van der Waals surface area contributed by atoms with Crippen molar-refractivity contribution in [2.45, 2.75) is 6.61 Å². The van der Waals surface area contributed by atoms with Gasteiger partial charge in [0.15, 0.2) is 5.75 Å². The molecule has 0 bridgehead atoms. The first kappa shape index (κ1) is 17.2. The van der Waals surface area contributed by atoms with Crippen molar-refractivity contribution in [3.05, 3.63) is 48.0 Å². The summed E-state index contributed by atoms with van der Waals surface area (Å²) < 4.78 is 15.6. The van der Waals surface area contributed by atoms with Gasteiger partial charge in [0.2, 0.25) is 11.8 Å². The van der Waals surface area contributed by atoms with Crippen LogP contribution in [0.2, 0.25) is 0 Å². The Morgan fingerprint density at radius 3 is 2.58 bits per heavy atom. The summed E-state index contributed by atoms with van der Waals surface area (Å²) in [4.78, 5) is 26.7. The third kappa shape index (κ3) is 4.96. The Bertz CT molecular complexity index is 706. The fourth-order valence-electron chi connectivity index (χ4n) is 1.73. The van der Waals surface area contributed by atoms with Gasteiger partial charge in [0.1, 0.15) is 6.61 Å². The molecule has 0 saturated heterocycles. The van der Waals surface area contributed by atoms with Crippen molar-refractivity contribution in [1.29, 1.82) is 0 Å².